The van der Waals surface area contributed by atoms with Gasteiger partial charge in [0, 0.05) is 0 Å². The molecule has 8 aromatic rings. The van der Waals surface area contributed by atoms with Gasteiger partial charge in [-0.15, -0.1) is 0 Å². The molecule has 8 aromatic carbocycles. The summed E-state index contributed by atoms with van der Waals surface area (Å²) in [4.78, 5) is 0. The first kappa shape index (κ1) is 56.2. The average Bonchev–Trinajstić information content (AvgIpc) is 3.52. The van der Waals surface area contributed by atoms with Crippen LogP contribution in [0.15, 0.2) is 237 Å². The van der Waals surface area contributed by atoms with Crippen LogP contribution in [-0.4, -0.2) is 81.7 Å². The average molecular weight is 1080 g/mol. The zero-order valence-corrected chi connectivity index (χ0v) is 45.1. The summed E-state index contributed by atoms with van der Waals surface area (Å²) in [5.74, 6) is 1.20. The molecule has 10 rings (SSSR count). The zero-order chi connectivity index (χ0) is 54.4. The minimum Gasteiger partial charge on any atom is -0.497 e. The van der Waals surface area contributed by atoms with Gasteiger partial charge in [0.15, 0.2) is 6.29 Å². The SMILES string of the molecule is COc1ccc(O[C@@H]2O[C@H](COCc3ccccc3)[C@H](OCc3ccccc3)[C@H](O[C@H]3O[C@H](COCc4ccccc4)[C@H](OCc4ccccc4)[C@H](OCc4ccccc4)[C@H]3OCc3ccccc3)[C@H]2OCc2ccccc2)cc1. The lowest BCUT2D eigenvalue weighted by Crippen LogP contribution is -2.67. The molecule has 0 aliphatic carbocycles. The van der Waals surface area contributed by atoms with Crippen LogP contribution in [0.25, 0.3) is 0 Å². The molecule has 414 valence electrons. The molecule has 10 atom stereocenters. The van der Waals surface area contributed by atoms with Crippen molar-refractivity contribution in [1.29, 1.82) is 0 Å². The van der Waals surface area contributed by atoms with Crippen molar-refractivity contribution in [3.63, 3.8) is 0 Å². The van der Waals surface area contributed by atoms with E-state index in [2.05, 4.69) is 0 Å². The Kier molecular flexibility index (Phi) is 21.1. The van der Waals surface area contributed by atoms with Crippen molar-refractivity contribution >= 4 is 0 Å². The summed E-state index contributed by atoms with van der Waals surface area (Å²) in [6, 6.07) is 77.7. The molecule has 0 saturated carbocycles. The van der Waals surface area contributed by atoms with Crippen LogP contribution in [0.2, 0.25) is 0 Å². The molecule has 2 aliphatic heterocycles. The van der Waals surface area contributed by atoms with E-state index in [0.717, 1.165) is 38.9 Å². The first-order valence-corrected chi connectivity index (χ1v) is 27.4. The van der Waals surface area contributed by atoms with E-state index < -0.39 is 61.4 Å². The van der Waals surface area contributed by atoms with E-state index in [1.165, 1.54) is 0 Å². The molecule has 0 bridgehead atoms. The summed E-state index contributed by atoms with van der Waals surface area (Å²) in [6.45, 7) is 2.01. The molecule has 0 N–H and O–H groups in total. The Hall–Kier alpha value is -7.04. The van der Waals surface area contributed by atoms with E-state index >= 15 is 0 Å². The predicted molar refractivity (Wildman–Crippen MR) is 303 cm³/mol. The highest BCUT2D eigenvalue weighted by Crippen LogP contribution is 2.38. The Morgan fingerprint density at radius 2 is 0.575 bits per heavy atom. The second kappa shape index (κ2) is 30.0. The van der Waals surface area contributed by atoms with E-state index in [0.29, 0.717) is 24.7 Å². The fourth-order valence-corrected chi connectivity index (χ4v) is 9.84. The molecular formula is C68H70O12. The molecule has 0 radical (unpaired) electrons. The van der Waals surface area contributed by atoms with Crippen LogP contribution in [0.1, 0.15) is 38.9 Å². The van der Waals surface area contributed by atoms with E-state index in [1.54, 1.807) is 7.11 Å². The van der Waals surface area contributed by atoms with Crippen molar-refractivity contribution < 1.29 is 56.8 Å². The van der Waals surface area contributed by atoms with Crippen molar-refractivity contribution in [3.8, 4) is 11.5 Å². The smallest absolute Gasteiger partial charge is 0.229 e. The molecule has 0 aromatic heterocycles. The lowest BCUT2D eigenvalue weighted by molar-refractivity contribution is -0.373. The van der Waals surface area contributed by atoms with Crippen LogP contribution in [0.4, 0.5) is 0 Å². The number of ether oxygens (including phenoxy) is 12. The third-order valence-electron chi connectivity index (χ3n) is 14.0. The van der Waals surface area contributed by atoms with Gasteiger partial charge in [0.1, 0.15) is 60.3 Å². The van der Waals surface area contributed by atoms with Gasteiger partial charge >= 0.3 is 0 Å². The van der Waals surface area contributed by atoms with Crippen molar-refractivity contribution in [2.75, 3.05) is 20.3 Å². The Morgan fingerprint density at radius 3 is 0.938 bits per heavy atom. The van der Waals surface area contributed by atoms with Gasteiger partial charge in [-0.1, -0.05) is 212 Å². The fraction of sp³-hybridized carbons (Fsp3) is 0.294. The molecular weight excluding hydrogens is 1010 g/mol. The standard InChI is InChI=1S/C68H70O12/c1-69-57-37-39-58(40-38-57)77-67-66(76-47-56-35-21-8-22-36-56)64(62(73-44-53-29-15-5-16-30-53)60(78-67)49-71-42-51-25-11-3-12-26-51)80-68-65(75-46-55-33-19-7-20-34-55)63(74-45-54-31-17-6-18-32-54)61(72-43-52-27-13-4-14-28-52)59(79-68)48-70-41-50-23-9-2-10-24-50/h2-40,59-68H,41-49H2,1H3/t59-,60-,61+,62+,63+,64+,65-,66-,67-,68-/m1/s1. The quantitative estimate of drug-likeness (QED) is 0.0466. The Bertz CT molecular complexity index is 2950. The fourth-order valence-electron chi connectivity index (χ4n) is 9.84. The first-order chi connectivity index (χ1) is 39.6. The summed E-state index contributed by atoms with van der Waals surface area (Å²) < 4.78 is 83.4. The third-order valence-corrected chi connectivity index (χ3v) is 14.0. The highest BCUT2D eigenvalue weighted by atomic mass is 16.8. The lowest BCUT2D eigenvalue weighted by Gasteiger charge is -2.50. The molecule has 0 unspecified atom stereocenters. The summed E-state index contributed by atoms with van der Waals surface area (Å²) in [5, 5.41) is 0. The van der Waals surface area contributed by atoms with Crippen molar-refractivity contribution in [1.82, 2.24) is 0 Å². The second-order valence-corrected chi connectivity index (χ2v) is 19.8. The number of hydrogen-bond acceptors (Lipinski definition) is 12. The van der Waals surface area contributed by atoms with Gasteiger partial charge in [-0.2, -0.15) is 0 Å². The normalized spacial score (nSPS) is 22.8. The largest absolute Gasteiger partial charge is 0.497 e. The number of hydrogen-bond donors (Lipinski definition) is 0. The van der Waals surface area contributed by atoms with Crippen LogP contribution in [0.3, 0.4) is 0 Å². The second-order valence-electron chi connectivity index (χ2n) is 19.8. The maximum atomic E-state index is 7.70. The van der Waals surface area contributed by atoms with Gasteiger partial charge in [-0.05, 0) is 63.2 Å². The summed E-state index contributed by atoms with van der Waals surface area (Å²) in [5.41, 5.74) is 6.82. The van der Waals surface area contributed by atoms with Crippen LogP contribution in [-0.2, 0) is 93.6 Å². The molecule has 2 aliphatic rings. The Morgan fingerprint density at radius 1 is 0.287 bits per heavy atom. The van der Waals surface area contributed by atoms with Gasteiger partial charge in [0.05, 0.1) is 66.6 Å². The van der Waals surface area contributed by atoms with E-state index in [1.807, 2.05) is 237 Å². The number of methoxy groups -OCH3 is 1. The predicted octanol–water partition coefficient (Wildman–Crippen LogP) is 12.3. The third kappa shape index (κ3) is 16.3. The van der Waals surface area contributed by atoms with Gasteiger partial charge in [-0.25, -0.2) is 0 Å². The maximum Gasteiger partial charge on any atom is 0.229 e. The molecule has 0 spiro atoms. The summed E-state index contributed by atoms with van der Waals surface area (Å²) in [7, 11) is 1.63. The van der Waals surface area contributed by atoms with Crippen LogP contribution >= 0.6 is 0 Å². The zero-order valence-electron chi connectivity index (χ0n) is 45.1. The molecule has 80 heavy (non-hydrogen) atoms. The highest BCUT2D eigenvalue weighted by Gasteiger charge is 2.55. The van der Waals surface area contributed by atoms with Gasteiger partial charge in [0.25, 0.3) is 0 Å². The van der Waals surface area contributed by atoms with Crippen molar-refractivity contribution in [2.24, 2.45) is 0 Å². The van der Waals surface area contributed by atoms with E-state index in [9.17, 15) is 0 Å². The molecule has 2 fully saturated rings. The molecule has 2 heterocycles. The van der Waals surface area contributed by atoms with E-state index in [4.69, 9.17) is 56.8 Å². The molecule has 0 amide bonds. The van der Waals surface area contributed by atoms with Crippen LogP contribution in [0, 0.1) is 0 Å². The van der Waals surface area contributed by atoms with Crippen molar-refractivity contribution in [2.45, 2.75) is 108 Å². The lowest BCUT2D eigenvalue weighted by atomic mass is 9.95. The molecule has 12 heteroatoms. The van der Waals surface area contributed by atoms with Crippen molar-refractivity contribution in [3.05, 3.63) is 276 Å². The summed E-state index contributed by atoms with van der Waals surface area (Å²) >= 11 is 0. The van der Waals surface area contributed by atoms with Gasteiger partial charge in [0.2, 0.25) is 6.29 Å². The van der Waals surface area contributed by atoms with Crippen LogP contribution in [0.5, 0.6) is 11.5 Å². The Balaban J connectivity index is 1.08. The maximum absolute atomic E-state index is 7.70. The molecule has 12 nitrogen and oxygen atoms in total. The topological polar surface area (TPSA) is 111 Å². The number of benzene rings is 8. The van der Waals surface area contributed by atoms with Gasteiger partial charge < -0.3 is 56.8 Å². The van der Waals surface area contributed by atoms with E-state index in [-0.39, 0.29) is 46.2 Å². The van der Waals surface area contributed by atoms with Gasteiger partial charge in [-0.3, -0.25) is 0 Å². The summed E-state index contributed by atoms with van der Waals surface area (Å²) in [6.07, 6.45) is -8.90. The molecule has 2 saturated heterocycles. The minimum atomic E-state index is -1.15. The Labute approximate surface area is 469 Å². The number of rotatable bonds is 28. The van der Waals surface area contributed by atoms with Crippen LogP contribution < -0.4 is 9.47 Å². The highest BCUT2D eigenvalue weighted by molar-refractivity contribution is 5.31. The minimum absolute atomic E-state index is 0.107. The monoisotopic (exact) mass is 1080 g/mol. The first-order valence-electron chi connectivity index (χ1n) is 27.4.